The molecule has 1 amide bonds. The number of carbonyl (C=O) groups is 3. The molecule has 1 aromatic carbocycles. The molecule has 0 radical (unpaired) electrons. The van der Waals surface area contributed by atoms with Crippen LogP contribution in [0.2, 0.25) is 5.02 Å². The summed E-state index contributed by atoms with van der Waals surface area (Å²) in [7, 11) is 0. The number of carbonyl (C=O) groups excluding carboxylic acids is 2. The van der Waals surface area contributed by atoms with Crippen LogP contribution in [-0.4, -0.2) is 67.5 Å². The van der Waals surface area contributed by atoms with E-state index in [-0.39, 0.29) is 60.3 Å². The molecule has 0 bridgehead atoms. The van der Waals surface area contributed by atoms with E-state index >= 15 is 0 Å². The smallest absolute Gasteiger partial charge is 0.398 e. The Bertz CT molecular complexity index is 1550. The lowest BCUT2D eigenvalue weighted by Crippen LogP contribution is -2.63. The number of amides is 1. The number of hydrogen-bond acceptors (Lipinski definition) is 5. The summed E-state index contributed by atoms with van der Waals surface area (Å²) in [6.45, 7) is 3.87. The van der Waals surface area contributed by atoms with Crippen LogP contribution in [0.25, 0.3) is 5.57 Å². The molecule has 4 aliphatic rings. The molecule has 6 rings (SSSR count). The van der Waals surface area contributed by atoms with Gasteiger partial charge in [0.05, 0.1) is 52.0 Å². The molecule has 2 aromatic rings. The SMILES string of the molecule is C[C@H]1C=C(c2nn(C(=O)c3c(Cl)cccc3C3(C(F)(F)F)CC3)c3c2CCC(C(=O)N2CC(C)(O)C2)C3)CCC1C(=O)O. The van der Waals surface area contributed by atoms with Gasteiger partial charge in [-0.25, -0.2) is 0 Å². The van der Waals surface area contributed by atoms with Crippen LogP contribution in [-0.2, 0) is 27.8 Å². The number of β-amino-alcohol motifs (C(OH)–C–C–N with tert-alkyl or cyclic N) is 1. The van der Waals surface area contributed by atoms with Gasteiger partial charge in [0.2, 0.25) is 5.91 Å². The molecule has 0 spiro atoms. The highest BCUT2D eigenvalue weighted by molar-refractivity contribution is 6.34. The minimum Gasteiger partial charge on any atom is -0.481 e. The average Bonchev–Trinajstić information content (AvgIpc) is 3.66. The van der Waals surface area contributed by atoms with Crippen LogP contribution in [0.15, 0.2) is 24.3 Å². The second-order valence-electron chi connectivity index (χ2n) is 12.9. The summed E-state index contributed by atoms with van der Waals surface area (Å²) in [6, 6.07) is 4.10. The van der Waals surface area contributed by atoms with Crippen molar-refractivity contribution in [2.45, 2.75) is 76.0 Å². The Morgan fingerprint density at radius 1 is 1.12 bits per heavy atom. The maximum absolute atomic E-state index is 14.2. The number of likely N-dealkylation sites (tertiary alicyclic amines) is 1. The number of alkyl halides is 3. The van der Waals surface area contributed by atoms with Crippen molar-refractivity contribution in [1.29, 1.82) is 0 Å². The fourth-order valence-electron chi connectivity index (χ4n) is 7.15. The molecule has 2 N–H and O–H groups in total. The summed E-state index contributed by atoms with van der Waals surface area (Å²) < 4.78 is 43.8. The lowest BCUT2D eigenvalue weighted by atomic mass is 9.78. The highest BCUT2D eigenvalue weighted by atomic mass is 35.5. The topological polar surface area (TPSA) is 113 Å². The monoisotopic (exact) mass is 619 g/mol. The minimum absolute atomic E-state index is 0.107. The third kappa shape index (κ3) is 4.98. The van der Waals surface area contributed by atoms with E-state index in [1.807, 2.05) is 13.0 Å². The number of carboxylic acids is 1. The Morgan fingerprint density at radius 3 is 2.40 bits per heavy atom. The van der Waals surface area contributed by atoms with Gasteiger partial charge in [-0.15, -0.1) is 0 Å². The van der Waals surface area contributed by atoms with Crippen molar-refractivity contribution >= 4 is 35.0 Å². The summed E-state index contributed by atoms with van der Waals surface area (Å²) >= 11 is 6.45. The van der Waals surface area contributed by atoms with Gasteiger partial charge < -0.3 is 15.1 Å². The number of aromatic nitrogens is 2. The standard InChI is InChI=1S/C31H33ClF3N3O5/c1-16-12-17(6-8-19(16)28(41)42)25-20-9-7-18(26(39)37-14-29(2,43)15-37)13-23(20)38(36-25)27(40)24-21(4-3-5-22(24)32)30(10-11-30)31(33,34)35/h3-5,12,16,18-19,43H,6-11,13-15H2,1-2H3,(H,41,42)/t16-,18?,19?/m0/s1. The predicted molar refractivity (Wildman–Crippen MR) is 151 cm³/mol. The van der Waals surface area contributed by atoms with Gasteiger partial charge in [-0.2, -0.15) is 23.0 Å². The van der Waals surface area contributed by atoms with Crippen LogP contribution < -0.4 is 0 Å². The number of hydrogen-bond donors (Lipinski definition) is 2. The fraction of sp³-hybridized carbons (Fsp3) is 0.548. The molecule has 12 heteroatoms. The van der Waals surface area contributed by atoms with Gasteiger partial charge in [0, 0.05) is 17.9 Å². The van der Waals surface area contributed by atoms with Gasteiger partial charge in [-0.05, 0) is 68.6 Å². The number of rotatable bonds is 5. The van der Waals surface area contributed by atoms with Gasteiger partial charge in [-0.1, -0.05) is 36.7 Å². The molecule has 1 saturated heterocycles. The second-order valence-corrected chi connectivity index (χ2v) is 13.3. The van der Waals surface area contributed by atoms with Gasteiger partial charge in [0.1, 0.15) is 0 Å². The Labute approximate surface area is 251 Å². The number of fused-ring (bicyclic) bond motifs is 1. The van der Waals surface area contributed by atoms with E-state index in [4.69, 9.17) is 11.6 Å². The molecule has 1 saturated carbocycles. The van der Waals surface area contributed by atoms with Gasteiger partial charge in [0.25, 0.3) is 5.91 Å². The number of halogens is 4. The number of nitrogens with zero attached hydrogens (tertiary/aromatic N) is 3. The largest absolute Gasteiger partial charge is 0.481 e. The summed E-state index contributed by atoms with van der Waals surface area (Å²) in [5, 5.41) is 24.3. The zero-order valence-electron chi connectivity index (χ0n) is 23.9. The molecule has 2 unspecified atom stereocenters. The highest BCUT2D eigenvalue weighted by Crippen LogP contribution is 2.60. The molecule has 1 aromatic heterocycles. The maximum atomic E-state index is 14.2. The number of aliphatic carboxylic acids is 1. The first-order valence-corrected chi connectivity index (χ1v) is 15.0. The van der Waals surface area contributed by atoms with Gasteiger partial charge in [-0.3, -0.25) is 14.4 Å². The Kier molecular flexibility index (Phi) is 7.08. The number of benzene rings is 1. The molecule has 43 heavy (non-hydrogen) atoms. The first kappa shape index (κ1) is 29.9. The normalized spacial score (nSPS) is 25.8. The van der Waals surface area contributed by atoms with Gasteiger partial charge in [0.15, 0.2) is 0 Å². The number of carboxylic acid groups (broad SMARTS) is 1. The zero-order chi connectivity index (χ0) is 31.1. The highest BCUT2D eigenvalue weighted by Gasteiger charge is 2.65. The van der Waals surface area contributed by atoms with E-state index in [9.17, 15) is 37.8 Å². The minimum atomic E-state index is -4.57. The van der Waals surface area contributed by atoms with Crippen molar-refractivity contribution in [3.05, 3.63) is 57.4 Å². The van der Waals surface area contributed by atoms with E-state index in [1.165, 1.54) is 18.2 Å². The Morgan fingerprint density at radius 2 is 1.81 bits per heavy atom. The first-order valence-electron chi connectivity index (χ1n) is 14.6. The van der Waals surface area contributed by atoms with Crippen LogP contribution in [0.3, 0.4) is 0 Å². The number of aliphatic hydroxyl groups is 1. The lowest BCUT2D eigenvalue weighted by Gasteiger charge is -2.45. The van der Waals surface area contributed by atoms with Crippen LogP contribution in [0.4, 0.5) is 13.2 Å². The molecule has 3 aliphatic carbocycles. The van der Waals surface area contributed by atoms with Crippen molar-refractivity contribution in [3.8, 4) is 0 Å². The van der Waals surface area contributed by atoms with E-state index < -0.39 is 40.9 Å². The van der Waals surface area contributed by atoms with E-state index in [0.29, 0.717) is 37.1 Å². The fourth-order valence-corrected chi connectivity index (χ4v) is 7.41. The van der Waals surface area contributed by atoms with Gasteiger partial charge >= 0.3 is 12.1 Å². The first-order chi connectivity index (χ1) is 20.1. The van der Waals surface area contributed by atoms with E-state index in [2.05, 4.69) is 5.10 Å². The van der Waals surface area contributed by atoms with Crippen molar-refractivity contribution in [3.63, 3.8) is 0 Å². The molecular formula is C31H33ClF3N3O5. The molecule has 8 nitrogen and oxygen atoms in total. The maximum Gasteiger partial charge on any atom is 0.398 e. The molecule has 3 atom stereocenters. The summed E-state index contributed by atoms with van der Waals surface area (Å²) in [6.07, 6.45) is -1.17. The molecule has 2 fully saturated rings. The van der Waals surface area contributed by atoms with Crippen molar-refractivity contribution in [1.82, 2.24) is 14.7 Å². The molecule has 1 aliphatic heterocycles. The Hall–Kier alpha value is -3.18. The van der Waals surface area contributed by atoms with Crippen LogP contribution in [0.5, 0.6) is 0 Å². The third-order valence-electron chi connectivity index (χ3n) is 9.67. The quantitative estimate of drug-likeness (QED) is 0.486. The van der Waals surface area contributed by atoms with Crippen LogP contribution >= 0.6 is 11.6 Å². The number of allylic oxidation sites excluding steroid dienone is 2. The van der Waals surface area contributed by atoms with E-state index in [0.717, 1.165) is 15.8 Å². The van der Waals surface area contributed by atoms with Crippen molar-refractivity contribution < 1.29 is 37.8 Å². The third-order valence-corrected chi connectivity index (χ3v) is 9.98. The average molecular weight is 620 g/mol. The molecule has 230 valence electrons. The van der Waals surface area contributed by atoms with E-state index in [1.54, 1.807) is 11.8 Å². The van der Waals surface area contributed by atoms with Crippen LogP contribution in [0, 0.1) is 17.8 Å². The van der Waals surface area contributed by atoms with Crippen LogP contribution in [0.1, 0.15) is 78.8 Å². The zero-order valence-corrected chi connectivity index (χ0v) is 24.6. The molecular weight excluding hydrogens is 587 g/mol. The van der Waals surface area contributed by atoms with Crippen molar-refractivity contribution in [2.24, 2.45) is 17.8 Å². The Balaban J connectivity index is 1.43. The van der Waals surface area contributed by atoms with Crippen molar-refractivity contribution in [2.75, 3.05) is 13.1 Å². The summed E-state index contributed by atoms with van der Waals surface area (Å²) in [5.41, 5.74) is -1.04. The predicted octanol–water partition coefficient (Wildman–Crippen LogP) is 5.03. The lowest BCUT2D eigenvalue weighted by molar-refractivity contribution is -0.160. The second kappa shape index (κ2) is 10.2. The summed E-state index contributed by atoms with van der Waals surface area (Å²) in [4.78, 5) is 40.8. The molecule has 2 heterocycles. The summed E-state index contributed by atoms with van der Waals surface area (Å²) in [5.74, 6) is -3.16.